The van der Waals surface area contributed by atoms with Gasteiger partial charge in [0.2, 0.25) is 0 Å². The highest BCUT2D eigenvalue weighted by Crippen LogP contribution is 2.39. The van der Waals surface area contributed by atoms with Crippen LogP contribution in [0.5, 0.6) is 0 Å². The zero-order valence-corrected chi connectivity index (χ0v) is 11.1. The van der Waals surface area contributed by atoms with Crippen LogP contribution < -0.4 is 0 Å². The normalized spacial score (nSPS) is 14.2. The van der Waals surface area contributed by atoms with Crippen molar-refractivity contribution < 1.29 is 5.11 Å². The Morgan fingerprint density at radius 1 is 0.933 bits per heavy atom. The Bertz CT molecular complexity index is 134. The summed E-state index contributed by atoms with van der Waals surface area (Å²) in [7, 11) is 0. The number of hydrogen-bond acceptors (Lipinski definition) is 0. The molecule has 1 unspecified atom stereocenters. The Morgan fingerprint density at radius 3 is 1.67 bits per heavy atom. The van der Waals surface area contributed by atoms with E-state index in [1.807, 2.05) is 6.92 Å². The maximum Gasteiger partial charge on any atom is 0.0983 e. The number of rotatable bonds is 9. The first-order valence-corrected chi connectivity index (χ1v) is 6.82. The van der Waals surface area contributed by atoms with E-state index in [2.05, 4.69) is 20.8 Å². The molecule has 1 atom stereocenters. The molecule has 15 heavy (non-hydrogen) atoms. The molecule has 1 nitrogen and oxygen atoms in total. The van der Waals surface area contributed by atoms with Gasteiger partial charge < -0.3 is 0 Å². The highest BCUT2D eigenvalue weighted by atomic mass is 16.3. The largest absolute Gasteiger partial charge is 0.233 e. The van der Waals surface area contributed by atoms with E-state index in [0.717, 1.165) is 25.7 Å². The molecule has 0 aromatic carbocycles. The summed E-state index contributed by atoms with van der Waals surface area (Å²) in [5, 5.41) is 12.2. The minimum absolute atomic E-state index is 0.0980. The molecule has 1 radical (unpaired) electrons. The maximum absolute atomic E-state index is 12.2. The predicted molar refractivity (Wildman–Crippen MR) is 66.5 cm³/mol. The summed E-state index contributed by atoms with van der Waals surface area (Å²) in [5.74, 6) is 0. The fourth-order valence-electron chi connectivity index (χ4n) is 2.52. The molecule has 0 heterocycles. The fourth-order valence-corrected chi connectivity index (χ4v) is 2.52. The minimum atomic E-state index is -0.347. The third kappa shape index (κ3) is 4.55. The fraction of sp³-hybridized carbons (Fsp3) is 1.00. The molecule has 0 aromatic heterocycles. The van der Waals surface area contributed by atoms with E-state index in [0.29, 0.717) is 0 Å². The quantitative estimate of drug-likeness (QED) is 0.515. The first-order valence-electron chi connectivity index (χ1n) is 6.82. The van der Waals surface area contributed by atoms with E-state index >= 15 is 0 Å². The number of hydrogen-bond donors (Lipinski definition) is 0. The van der Waals surface area contributed by atoms with Gasteiger partial charge in [-0.3, -0.25) is 0 Å². The van der Waals surface area contributed by atoms with Gasteiger partial charge in [-0.05, 0) is 31.1 Å². The molecule has 0 rings (SSSR count). The van der Waals surface area contributed by atoms with Gasteiger partial charge >= 0.3 is 0 Å². The molecule has 0 aliphatic carbocycles. The lowest BCUT2D eigenvalue weighted by Crippen LogP contribution is -2.33. The van der Waals surface area contributed by atoms with Crippen LogP contribution in [0.4, 0.5) is 0 Å². The lowest BCUT2D eigenvalue weighted by molar-refractivity contribution is -0.0461. The maximum atomic E-state index is 12.2. The Kier molecular flexibility index (Phi) is 8.13. The molecule has 1 heteroatoms. The minimum Gasteiger partial charge on any atom is -0.233 e. The second kappa shape index (κ2) is 8.15. The lowest BCUT2D eigenvalue weighted by atomic mass is 9.71. The Hall–Kier alpha value is -0.0400. The van der Waals surface area contributed by atoms with Crippen LogP contribution in [0.2, 0.25) is 0 Å². The third-order valence-electron chi connectivity index (χ3n) is 3.81. The van der Waals surface area contributed by atoms with Gasteiger partial charge in [0.25, 0.3) is 0 Å². The molecular formula is C14H29O. The van der Waals surface area contributed by atoms with Gasteiger partial charge in [0.15, 0.2) is 0 Å². The second-order valence-corrected chi connectivity index (χ2v) is 4.82. The molecule has 0 aliphatic heterocycles. The summed E-state index contributed by atoms with van der Waals surface area (Å²) in [4.78, 5) is 0. The van der Waals surface area contributed by atoms with Crippen molar-refractivity contribution in [1.82, 2.24) is 0 Å². The van der Waals surface area contributed by atoms with E-state index in [4.69, 9.17) is 0 Å². The first kappa shape index (κ1) is 15.0. The molecule has 0 amide bonds. The van der Waals surface area contributed by atoms with Crippen molar-refractivity contribution in [3.63, 3.8) is 0 Å². The highest BCUT2D eigenvalue weighted by molar-refractivity contribution is 4.84. The average Bonchev–Trinajstić information content (AvgIpc) is 2.29. The van der Waals surface area contributed by atoms with E-state index in [-0.39, 0.29) is 11.5 Å². The SMILES string of the molecule is CCCCC(CC)(CCCC)C([O])CC. The zero-order valence-electron chi connectivity index (χ0n) is 11.1. The molecule has 0 N–H and O–H groups in total. The molecule has 0 aliphatic rings. The molecule has 0 aromatic rings. The monoisotopic (exact) mass is 213 g/mol. The lowest BCUT2D eigenvalue weighted by Gasteiger charge is -2.36. The average molecular weight is 213 g/mol. The van der Waals surface area contributed by atoms with E-state index in [1.165, 1.54) is 25.7 Å². The van der Waals surface area contributed by atoms with Gasteiger partial charge in [-0.2, -0.15) is 0 Å². The second-order valence-electron chi connectivity index (χ2n) is 4.82. The third-order valence-corrected chi connectivity index (χ3v) is 3.81. The van der Waals surface area contributed by atoms with Gasteiger partial charge in [-0.15, -0.1) is 0 Å². The summed E-state index contributed by atoms with van der Waals surface area (Å²) in [6, 6.07) is 0. The van der Waals surface area contributed by atoms with Crippen LogP contribution in [-0.4, -0.2) is 6.10 Å². The smallest absolute Gasteiger partial charge is 0.0983 e. The molecule has 0 bridgehead atoms. The Morgan fingerprint density at radius 2 is 1.40 bits per heavy atom. The van der Waals surface area contributed by atoms with Crippen LogP contribution in [0.3, 0.4) is 0 Å². The van der Waals surface area contributed by atoms with Crippen LogP contribution in [0.15, 0.2) is 0 Å². The molecule has 0 saturated carbocycles. The summed E-state index contributed by atoms with van der Waals surface area (Å²) in [6.45, 7) is 8.67. The van der Waals surface area contributed by atoms with Gasteiger partial charge in [0.1, 0.15) is 0 Å². The van der Waals surface area contributed by atoms with Crippen molar-refractivity contribution in [1.29, 1.82) is 0 Å². The van der Waals surface area contributed by atoms with E-state index in [9.17, 15) is 5.11 Å². The Labute approximate surface area is 96.3 Å². The van der Waals surface area contributed by atoms with E-state index < -0.39 is 0 Å². The molecular weight excluding hydrogens is 184 g/mol. The number of unbranched alkanes of at least 4 members (excludes halogenated alkanes) is 2. The molecule has 0 saturated heterocycles. The van der Waals surface area contributed by atoms with Crippen LogP contribution in [-0.2, 0) is 5.11 Å². The van der Waals surface area contributed by atoms with Gasteiger partial charge in [0, 0.05) is 0 Å². The topological polar surface area (TPSA) is 19.9 Å². The van der Waals surface area contributed by atoms with Crippen molar-refractivity contribution >= 4 is 0 Å². The molecule has 91 valence electrons. The van der Waals surface area contributed by atoms with Gasteiger partial charge in [-0.25, -0.2) is 5.11 Å². The molecule has 0 spiro atoms. The van der Waals surface area contributed by atoms with Crippen molar-refractivity contribution in [2.24, 2.45) is 5.41 Å². The van der Waals surface area contributed by atoms with Gasteiger partial charge in [-0.1, -0.05) is 53.4 Å². The van der Waals surface area contributed by atoms with Crippen LogP contribution >= 0.6 is 0 Å². The predicted octanol–water partition coefficient (Wildman–Crippen LogP) is 4.97. The Balaban J connectivity index is 4.43. The van der Waals surface area contributed by atoms with Crippen molar-refractivity contribution in [3.05, 3.63) is 0 Å². The van der Waals surface area contributed by atoms with Crippen LogP contribution in [0, 0.1) is 5.41 Å². The first-order chi connectivity index (χ1) is 7.16. The summed E-state index contributed by atoms with van der Waals surface area (Å²) in [6.07, 6.45) is 8.65. The van der Waals surface area contributed by atoms with Crippen molar-refractivity contribution in [2.45, 2.75) is 85.2 Å². The highest BCUT2D eigenvalue weighted by Gasteiger charge is 2.34. The van der Waals surface area contributed by atoms with Crippen LogP contribution in [0.1, 0.15) is 79.1 Å². The van der Waals surface area contributed by atoms with Gasteiger partial charge in [0.05, 0.1) is 6.10 Å². The van der Waals surface area contributed by atoms with Crippen molar-refractivity contribution in [2.75, 3.05) is 0 Å². The summed E-state index contributed by atoms with van der Waals surface area (Å²) >= 11 is 0. The van der Waals surface area contributed by atoms with Crippen molar-refractivity contribution in [3.8, 4) is 0 Å². The summed E-state index contributed by atoms with van der Waals surface area (Å²) in [5.41, 5.74) is 0.0980. The van der Waals surface area contributed by atoms with E-state index in [1.54, 1.807) is 0 Å². The summed E-state index contributed by atoms with van der Waals surface area (Å²) < 4.78 is 0. The van der Waals surface area contributed by atoms with Crippen LogP contribution in [0.25, 0.3) is 0 Å². The standard InChI is InChI=1S/C14H29O/c1-5-9-11-14(8-4,12-10-6-2)13(15)7-3/h13H,5-12H2,1-4H3. The zero-order chi connectivity index (χ0) is 11.7. The molecule has 0 fully saturated rings.